The van der Waals surface area contributed by atoms with Crippen LogP contribution in [-0.4, -0.2) is 19.5 Å². The molecule has 9 aromatic carbocycles. The highest BCUT2D eigenvalue weighted by Crippen LogP contribution is 2.43. The fourth-order valence-electron chi connectivity index (χ4n) is 9.65. The van der Waals surface area contributed by atoms with Crippen molar-refractivity contribution in [1.29, 1.82) is 0 Å². The van der Waals surface area contributed by atoms with Gasteiger partial charge in [0.1, 0.15) is 33.5 Å². The molecule has 5 aromatic heterocycles. The Balaban J connectivity index is 1.09. The van der Waals surface area contributed by atoms with E-state index in [0.29, 0.717) is 28.6 Å². The van der Waals surface area contributed by atoms with E-state index in [9.17, 15) is 0 Å². The molecule has 0 aliphatic carbocycles. The topological polar surface area (TPSA) is 83.0 Å². The molecule has 0 bridgehead atoms. The summed E-state index contributed by atoms with van der Waals surface area (Å²) in [7, 11) is 0. The van der Waals surface area contributed by atoms with Crippen LogP contribution in [0.4, 0.5) is 0 Å². The van der Waals surface area contributed by atoms with Crippen molar-refractivity contribution in [2.24, 2.45) is 0 Å². The molecule has 5 heterocycles. The second-order valence-corrected chi connectivity index (χ2v) is 15.9. The number of rotatable bonds is 4. The summed E-state index contributed by atoms with van der Waals surface area (Å²) < 4.78 is 22.3. The van der Waals surface area contributed by atoms with Crippen LogP contribution in [0.5, 0.6) is 0 Å². The van der Waals surface area contributed by atoms with Crippen LogP contribution in [0.3, 0.4) is 0 Å². The Hall–Kier alpha value is -8.55. The van der Waals surface area contributed by atoms with Crippen LogP contribution in [0.25, 0.3) is 138 Å². The Kier molecular flexibility index (Phi) is 6.71. The van der Waals surface area contributed by atoms with Gasteiger partial charge in [-0.05, 0) is 71.4 Å². The number of benzene rings is 9. The summed E-state index contributed by atoms with van der Waals surface area (Å²) in [4.78, 5) is 15.9. The van der Waals surface area contributed by atoms with Gasteiger partial charge in [0.25, 0.3) is 0 Å². The van der Waals surface area contributed by atoms with E-state index in [4.69, 9.17) is 28.2 Å². The second kappa shape index (κ2) is 12.5. The maximum atomic E-state index is 6.75. The van der Waals surface area contributed by atoms with Crippen molar-refractivity contribution in [3.63, 3.8) is 0 Å². The van der Waals surface area contributed by atoms with Gasteiger partial charge in [0, 0.05) is 43.3 Å². The molecule has 0 saturated carbocycles. The first-order valence-electron chi connectivity index (χ1n) is 20.7. The van der Waals surface area contributed by atoms with Crippen LogP contribution in [0, 0.1) is 0 Å². The Morgan fingerprint density at radius 3 is 1.52 bits per heavy atom. The van der Waals surface area contributed by atoms with E-state index in [0.717, 1.165) is 88.1 Å². The van der Waals surface area contributed by atoms with Gasteiger partial charge in [-0.15, -0.1) is 0 Å². The zero-order valence-corrected chi connectivity index (χ0v) is 32.8. The van der Waals surface area contributed by atoms with E-state index in [1.165, 1.54) is 21.5 Å². The lowest BCUT2D eigenvalue weighted by Gasteiger charge is -2.13. The molecule has 0 unspecified atom stereocenters. The first-order valence-corrected chi connectivity index (χ1v) is 20.7. The quantitative estimate of drug-likeness (QED) is 0.176. The predicted molar refractivity (Wildman–Crippen MR) is 250 cm³/mol. The number of para-hydroxylation sites is 6. The number of hydrogen-bond donors (Lipinski definition) is 0. The van der Waals surface area contributed by atoms with Crippen LogP contribution in [0.2, 0.25) is 0 Å². The minimum Gasteiger partial charge on any atom is -0.456 e. The molecule has 7 heteroatoms. The number of hydrogen-bond acceptors (Lipinski definition) is 6. The molecule has 14 aromatic rings. The van der Waals surface area contributed by atoms with Gasteiger partial charge in [-0.1, -0.05) is 121 Å². The van der Waals surface area contributed by atoms with Crippen molar-refractivity contribution >= 4 is 98.4 Å². The van der Waals surface area contributed by atoms with Gasteiger partial charge in [-0.25, -0.2) is 15.0 Å². The van der Waals surface area contributed by atoms with E-state index >= 15 is 0 Å². The van der Waals surface area contributed by atoms with Crippen LogP contribution in [0.15, 0.2) is 195 Å². The molecule has 0 aliphatic rings. The first-order chi connectivity index (χ1) is 30.7. The maximum absolute atomic E-state index is 6.75. The third-order valence-electron chi connectivity index (χ3n) is 12.4. The highest BCUT2D eigenvalue weighted by Gasteiger charge is 2.24. The van der Waals surface area contributed by atoms with E-state index in [1.54, 1.807) is 0 Å². The summed E-state index contributed by atoms with van der Waals surface area (Å²) in [6.45, 7) is 0. The molecule has 0 radical (unpaired) electrons. The van der Waals surface area contributed by atoms with E-state index in [2.05, 4.69) is 114 Å². The SMILES string of the molecule is c1ccc2cc3c(cc2c1)c1ccccc1n3-c1cc(-c2nc(-c3cccc4c3oc3ccccc34)nc(-c3cccc4c3oc3ccccc34)n2)cc2oc3ccccc3c12. The number of furan rings is 3. The van der Waals surface area contributed by atoms with Gasteiger partial charge < -0.3 is 17.8 Å². The molecule has 62 heavy (non-hydrogen) atoms. The molecule has 0 spiro atoms. The normalized spacial score (nSPS) is 12.2. The van der Waals surface area contributed by atoms with Gasteiger partial charge in [0.15, 0.2) is 17.5 Å². The van der Waals surface area contributed by atoms with Crippen molar-refractivity contribution in [3.8, 4) is 39.9 Å². The van der Waals surface area contributed by atoms with Gasteiger partial charge in [-0.2, -0.15) is 0 Å². The molecule has 0 aliphatic heterocycles. The third-order valence-corrected chi connectivity index (χ3v) is 12.4. The molecular weight excluding hydrogens is 765 g/mol. The van der Waals surface area contributed by atoms with Crippen molar-refractivity contribution in [3.05, 3.63) is 182 Å². The molecule has 0 atom stereocenters. The van der Waals surface area contributed by atoms with Crippen molar-refractivity contribution in [2.45, 2.75) is 0 Å². The van der Waals surface area contributed by atoms with Crippen LogP contribution < -0.4 is 0 Å². The smallest absolute Gasteiger partial charge is 0.167 e. The molecule has 7 nitrogen and oxygen atoms in total. The van der Waals surface area contributed by atoms with Gasteiger partial charge in [0.2, 0.25) is 0 Å². The molecule has 288 valence electrons. The Bertz CT molecular complexity index is 4060. The zero-order valence-electron chi connectivity index (χ0n) is 32.8. The highest BCUT2D eigenvalue weighted by molar-refractivity contribution is 6.17. The van der Waals surface area contributed by atoms with Crippen LogP contribution >= 0.6 is 0 Å². The summed E-state index contributed by atoms with van der Waals surface area (Å²) in [5.74, 6) is 1.45. The zero-order chi connectivity index (χ0) is 40.5. The van der Waals surface area contributed by atoms with Gasteiger partial charge in [-0.3, -0.25) is 0 Å². The molecule has 0 amide bonds. The highest BCUT2D eigenvalue weighted by atomic mass is 16.3. The average molecular weight is 795 g/mol. The first kappa shape index (κ1) is 33.3. The molecule has 0 N–H and O–H groups in total. The largest absolute Gasteiger partial charge is 0.456 e. The third kappa shape index (κ3) is 4.73. The molecular formula is C55H30N4O3. The fourth-order valence-corrected chi connectivity index (χ4v) is 9.65. The summed E-state index contributed by atoms with van der Waals surface area (Å²) in [6, 6.07) is 62.7. The number of nitrogens with zero attached hydrogens (tertiary/aromatic N) is 4. The molecule has 14 rings (SSSR count). The van der Waals surface area contributed by atoms with E-state index in [-0.39, 0.29) is 0 Å². The number of aromatic nitrogens is 4. The molecule has 0 saturated heterocycles. The predicted octanol–water partition coefficient (Wildman–Crippen LogP) is 14.8. The monoisotopic (exact) mass is 794 g/mol. The van der Waals surface area contributed by atoms with Gasteiger partial charge >= 0.3 is 0 Å². The Morgan fingerprint density at radius 2 is 0.855 bits per heavy atom. The average Bonchev–Trinajstić information content (AvgIpc) is 4.09. The van der Waals surface area contributed by atoms with Crippen molar-refractivity contribution in [2.75, 3.05) is 0 Å². The maximum Gasteiger partial charge on any atom is 0.167 e. The van der Waals surface area contributed by atoms with E-state index < -0.39 is 0 Å². The Morgan fingerprint density at radius 1 is 0.339 bits per heavy atom. The summed E-state index contributed by atoms with van der Waals surface area (Å²) in [5.41, 5.74) is 10.0. The van der Waals surface area contributed by atoms with E-state index in [1.807, 2.05) is 72.8 Å². The lowest BCUT2D eigenvalue weighted by molar-refractivity contribution is 0.668. The van der Waals surface area contributed by atoms with Crippen LogP contribution in [0.1, 0.15) is 0 Å². The summed E-state index contributed by atoms with van der Waals surface area (Å²) >= 11 is 0. The fraction of sp³-hybridized carbons (Fsp3) is 0. The van der Waals surface area contributed by atoms with Crippen LogP contribution in [-0.2, 0) is 0 Å². The standard InChI is InChI=1S/C55H30N4O3/c1-2-14-32-28-44-42(27-31(32)13-1)34-15-3-7-23-43(34)59(44)45-29-33(30-49-50(45)39-18-6-10-26-48(39)60-49)53-56-54(40-21-11-19-37-35-16-4-8-24-46(35)61-51(37)40)58-55(57-53)41-22-12-20-38-36-17-5-9-25-47(36)62-52(38)41/h1-30H. The second-order valence-electron chi connectivity index (χ2n) is 15.9. The minimum atomic E-state index is 0.484. The van der Waals surface area contributed by atoms with Gasteiger partial charge in [0.05, 0.1) is 33.2 Å². The number of fused-ring (bicyclic) bond motifs is 13. The summed E-state index contributed by atoms with van der Waals surface area (Å²) in [6.07, 6.45) is 0. The molecule has 0 fully saturated rings. The summed E-state index contributed by atoms with van der Waals surface area (Å²) in [5, 5.41) is 10.8. The van der Waals surface area contributed by atoms with Crippen molar-refractivity contribution in [1.82, 2.24) is 19.5 Å². The Labute approximate surface area is 351 Å². The van der Waals surface area contributed by atoms with Crippen molar-refractivity contribution < 1.29 is 13.3 Å². The minimum absolute atomic E-state index is 0.484. The lowest BCUT2D eigenvalue weighted by Crippen LogP contribution is -2.02. The lowest BCUT2D eigenvalue weighted by atomic mass is 10.0.